The number of hydrogen-bond acceptors (Lipinski definition) is 3. The zero-order valence-electron chi connectivity index (χ0n) is 15.0. The van der Waals surface area contributed by atoms with Crippen LogP contribution in [0.2, 0.25) is 10.0 Å². The molecule has 136 valence electrons. The van der Waals surface area contributed by atoms with E-state index in [0.717, 1.165) is 11.3 Å². The number of alkyl carbamates (subject to hydrolysis) is 1. The average molecular weight is 384 g/mol. The van der Waals surface area contributed by atoms with Crippen molar-refractivity contribution in [2.75, 3.05) is 0 Å². The first-order valence-electron chi connectivity index (χ1n) is 8.06. The summed E-state index contributed by atoms with van der Waals surface area (Å²) in [4.78, 5) is 19.8. The molecule has 2 N–H and O–H groups in total. The molecular formula is C18H23Cl2N3O2. The number of nitrogens with zero attached hydrogens (tertiary/aromatic N) is 1. The second kappa shape index (κ2) is 7.67. The molecule has 0 aliphatic heterocycles. The van der Waals surface area contributed by atoms with Crippen molar-refractivity contribution in [3.63, 3.8) is 0 Å². The number of hydrogen-bond donors (Lipinski definition) is 2. The highest BCUT2D eigenvalue weighted by Gasteiger charge is 2.25. The zero-order valence-corrected chi connectivity index (χ0v) is 16.5. The molecule has 0 unspecified atom stereocenters. The summed E-state index contributed by atoms with van der Waals surface area (Å²) < 4.78 is 5.34. The minimum atomic E-state index is -0.556. The van der Waals surface area contributed by atoms with Crippen molar-refractivity contribution < 1.29 is 9.53 Å². The Morgan fingerprint density at radius 2 is 1.92 bits per heavy atom. The molecule has 0 radical (unpaired) electrons. The molecule has 0 fully saturated rings. The maximum absolute atomic E-state index is 12.1. The number of benzene rings is 1. The summed E-state index contributed by atoms with van der Waals surface area (Å²) in [5, 5.41) is 3.84. The molecular weight excluding hydrogens is 361 g/mol. The first-order valence-corrected chi connectivity index (χ1v) is 8.82. The van der Waals surface area contributed by atoms with Gasteiger partial charge in [-0.2, -0.15) is 0 Å². The number of rotatable bonds is 4. The van der Waals surface area contributed by atoms with Gasteiger partial charge in [0.05, 0.1) is 28.0 Å². The number of halogens is 2. The largest absolute Gasteiger partial charge is 0.444 e. The summed E-state index contributed by atoms with van der Waals surface area (Å²) in [6.45, 7) is 9.48. The summed E-state index contributed by atoms with van der Waals surface area (Å²) >= 11 is 12.0. The van der Waals surface area contributed by atoms with Crippen LogP contribution in [0.3, 0.4) is 0 Å². The minimum absolute atomic E-state index is 0.125. The zero-order chi connectivity index (χ0) is 18.8. The van der Waals surface area contributed by atoms with E-state index in [1.807, 2.05) is 40.7 Å². The van der Waals surface area contributed by atoms with Gasteiger partial charge in [-0.05, 0) is 38.8 Å². The highest BCUT2D eigenvalue weighted by molar-refractivity contribution is 6.42. The summed E-state index contributed by atoms with van der Waals surface area (Å²) in [7, 11) is 0. The fraction of sp³-hybridized carbons (Fsp3) is 0.444. The number of carbonyl (C=O) groups excluding carboxylic acids is 1. The van der Waals surface area contributed by atoms with E-state index in [9.17, 15) is 4.79 Å². The molecule has 7 heteroatoms. The van der Waals surface area contributed by atoms with Gasteiger partial charge in [0.1, 0.15) is 11.4 Å². The molecule has 1 aromatic heterocycles. The van der Waals surface area contributed by atoms with Crippen LogP contribution >= 0.6 is 23.2 Å². The maximum Gasteiger partial charge on any atom is 0.408 e. The highest BCUT2D eigenvalue weighted by Crippen LogP contribution is 2.29. The van der Waals surface area contributed by atoms with Crippen molar-refractivity contribution in [3.8, 4) is 11.3 Å². The lowest BCUT2D eigenvalue weighted by Gasteiger charge is -2.24. The van der Waals surface area contributed by atoms with Crippen LogP contribution in [0.5, 0.6) is 0 Å². The Morgan fingerprint density at radius 3 is 2.48 bits per heavy atom. The van der Waals surface area contributed by atoms with E-state index in [0.29, 0.717) is 15.9 Å². The van der Waals surface area contributed by atoms with Gasteiger partial charge in [-0.3, -0.25) is 0 Å². The van der Waals surface area contributed by atoms with Crippen LogP contribution in [0, 0.1) is 5.92 Å². The van der Waals surface area contributed by atoms with Gasteiger partial charge >= 0.3 is 6.09 Å². The average Bonchev–Trinajstić information content (AvgIpc) is 2.95. The van der Waals surface area contributed by atoms with Crippen LogP contribution < -0.4 is 5.32 Å². The Bertz CT molecular complexity index is 751. The third-order valence-electron chi connectivity index (χ3n) is 3.46. The van der Waals surface area contributed by atoms with Gasteiger partial charge in [0, 0.05) is 5.56 Å². The fourth-order valence-corrected chi connectivity index (χ4v) is 2.59. The van der Waals surface area contributed by atoms with Crippen molar-refractivity contribution in [1.82, 2.24) is 15.3 Å². The first kappa shape index (κ1) is 19.6. The summed E-state index contributed by atoms with van der Waals surface area (Å²) in [6.07, 6.45) is 1.24. The third-order valence-corrected chi connectivity index (χ3v) is 4.20. The van der Waals surface area contributed by atoms with Crippen LogP contribution in [0.25, 0.3) is 11.3 Å². The molecule has 1 amide bonds. The van der Waals surface area contributed by atoms with Gasteiger partial charge in [-0.1, -0.05) is 43.1 Å². The molecule has 2 rings (SSSR count). The van der Waals surface area contributed by atoms with Gasteiger partial charge < -0.3 is 15.0 Å². The van der Waals surface area contributed by atoms with Crippen LogP contribution in [0.4, 0.5) is 4.79 Å². The molecule has 25 heavy (non-hydrogen) atoms. The molecule has 0 saturated carbocycles. The molecule has 0 spiro atoms. The Kier molecular flexibility index (Phi) is 6.01. The smallest absolute Gasteiger partial charge is 0.408 e. The van der Waals surface area contributed by atoms with Crippen LogP contribution in [0.1, 0.15) is 46.5 Å². The minimum Gasteiger partial charge on any atom is -0.444 e. The van der Waals surface area contributed by atoms with E-state index < -0.39 is 11.7 Å². The van der Waals surface area contributed by atoms with E-state index in [2.05, 4.69) is 15.3 Å². The number of H-pyrrole nitrogens is 1. The van der Waals surface area contributed by atoms with E-state index in [1.54, 1.807) is 18.3 Å². The Hall–Kier alpha value is -1.72. The number of imidazole rings is 1. The highest BCUT2D eigenvalue weighted by atomic mass is 35.5. The number of amides is 1. The lowest BCUT2D eigenvalue weighted by atomic mass is 10.0. The number of carbonyl (C=O) groups is 1. The lowest BCUT2D eigenvalue weighted by molar-refractivity contribution is 0.0486. The second-order valence-corrected chi connectivity index (χ2v) is 7.99. The van der Waals surface area contributed by atoms with E-state index in [1.165, 1.54) is 0 Å². The van der Waals surface area contributed by atoms with E-state index >= 15 is 0 Å². The molecule has 0 aliphatic carbocycles. The SMILES string of the molecule is CC(C)[C@H](NC(=O)OC(C)(C)C)c1ncc(-c2ccc(Cl)c(Cl)c2)[nH]1. The number of aromatic amines is 1. The molecule has 0 bridgehead atoms. The predicted octanol–water partition coefficient (Wildman–Crippen LogP) is 5.61. The quantitative estimate of drug-likeness (QED) is 0.721. The van der Waals surface area contributed by atoms with E-state index in [-0.39, 0.29) is 12.0 Å². The molecule has 1 aromatic carbocycles. The van der Waals surface area contributed by atoms with Crippen molar-refractivity contribution in [2.24, 2.45) is 5.92 Å². The van der Waals surface area contributed by atoms with Gasteiger partial charge in [-0.15, -0.1) is 0 Å². The van der Waals surface area contributed by atoms with Crippen molar-refractivity contribution in [1.29, 1.82) is 0 Å². The monoisotopic (exact) mass is 383 g/mol. The van der Waals surface area contributed by atoms with Crippen LogP contribution in [-0.2, 0) is 4.74 Å². The number of nitrogens with one attached hydrogen (secondary N) is 2. The Balaban J connectivity index is 2.21. The van der Waals surface area contributed by atoms with Gasteiger partial charge in [0.15, 0.2) is 0 Å². The normalized spacial score (nSPS) is 13.0. The fourth-order valence-electron chi connectivity index (χ4n) is 2.29. The second-order valence-electron chi connectivity index (χ2n) is 7.18. The number of ether oxygens (including phenoxy) is 1. The predicted molar refractivity (Wildman–Crippen MR) is 101 cm³/mol. The maximum atomic E-state index is 12.1. The summed E-state index contributed by atoms with van der Waals surface area (Å²) in [6, 6.07) is 5.06. The summed E-state index contributed by atoms with van der Waals surface area (Å²) in [5.41, 5.74) is 1.11. The molecule has 0 saturated heterocycles. The Morgan fingerprint density at radius 1 is 1.24 bits per heavy atom. The Labute approximate surface area is 158 Å². The number of aromatic nitrogens is 2. The molecule has 1 heterocycles. The van der Waals surface area contributed by atoms with E-state index in [4.69, 9.17) is 27.9 Å². The third kappa shape index (κ3) is 5.38. The molecule has 0 aliphatic rings. The lowest BCUT2D eigenvalue weighted by Crippen LogP contribution is -2.37. The molecule has 5 nitrogen and oxygen atoms in total. The van der Waals surface area contributed by atoms with Crippen molar-refractivity contribution >= 4 is 29.3 Å². The summed E-state index contributed by atoms with van der Waals surface area (Å²) in [5.74, 6) is 0.780. The topological polar surface area (TPSA) is 67.0 Å². The molecule has 1 atom stereocenters. The van der Waals surface area contributed by atoms with Gasteiger partial charge in [0.2, 0.25) is 0 Å². The van der Waals surface area contributed by atoms with Crippen LogP contribution in [-0.4, -0.2) is 21.7 Å². The standard InChI is InChI=1S/C18H23Cl2N3O2/c1-10(2)15(23-17(24)25-18(3,4)5)16-21-9-14(22-16)11-6-7-12(19)13(20)8-11/h6-10,15H,1-5H3,(H,21,22)(H,23,24)/t15-/m0/s1. The van der Waals surface area contributed by atoms with Crippen molar-refractivity contribution in [2.45, 2.75) is 46.3 Å². The first-order chi connectivity index (χ1) is 11.6. The van der Waals surface area contributed by atoms with Crippen molar-refractivity contribution in [3.05, 3.63) is 40.3 Å². The molecule has 2 aromatic rings. The van der Waals surface area contributed by atoms with Gasteiger partial charge in [-0.25, -0.2) is 9.78 Å². The van der Waals surface area contributed by atoms with Crippen LogP contribution in [0.15, 0.2) is 24.4 Å². The van der Waals surface area contributed by atoms with Gasteiger partial charge in [0.25, 0.3) is 0 Å².